The normalized spacial score (nSPS) is 12.2. The van der Waals surface area contributed by atoms with Gasteiger partial charge >= 0.3 is 6.18 Å². The average molecular weight is 204 g/mol. The van der Waals surface area contributed by atoms with Crippen molar-refractivity contribution < 1.29 is 13.2 Å². The van der Waals surface area contributed by atoms with Crippen LogP contribution in [0.3, 0.4) is 0 Å². The summed E-state index contributed by atoms with van der Waals surface area (Å²) in [4.78, 5) is 7.10. The van der Waals surface area contributed by atoms with Crippen molar-refractivity contribution in [2.24, 2.45) is 0 Å². The third-order valence-corrected chi connectivity index (χ3v) is 1.94. The fourth-order valence-electron chi connectivity index (χ4n) is 1.33. The first kappa shape index (κ1) is 10.9. The average Bonchev–Trinajstić information content (AvgIpc) is 2.01. The van der Waals surface area contributed by atoms with Crippen molar-refractivity contribution in [1.82, 2.24) is 9.97 Å². The van der Waals surface area contributed by atoms with Gasteiger partial charge in [0.15, 0.2) is 5.69 Å². The first-order valence-electron chi connectivity index (χ1n) is 4.22. The summed E-state index contributed by atoms with van der Waals surface area (Å²) in [6.45, 7) is 5.00. The van der Waals surface area contributed by atoms with Crippen LogP contribution in [0, 0.1) is 6.92 Å². The predicted molar refractivity (Wildman–Crippen MR) is 45.9 cm³/mol. The molecule has 78 valence electrons. The summed E-state index contributed by atoms with van der Waals surface area (Å²) in [6, 6.07) is 0. The van der Waals surface area contributed by atoms with Crippen LogP contribution in [0.5, 0.6) is 0 Å². The van der Waals surface area contributed by atoms with Crippen molar-refractivity contribution in [1.29, 1.82) is 0 Å². The van der Waals surface area contributed by atoms with Crippen LogP contribution in [0.1, 0.15) is 36.7 Å². The second-order valence-corrected chi connectivity index (χ2v) is 3.38. The molecule has 0 aliphatic heterocycles. The summed E-state index contributed by atoms with van der Waals surface area (Å²) in [5, 5.41) is 0. The SMILES string of the molecule is Cc1c(C(C)C)ncnc1C(F)(F)F. The molecule has 0 radical (unpaired) electrons. The fourth-order valence-corrected chi connectivity index (χ4v) is 1.33. The van der Waals surface area contributed by atoms with Gasteiger partial charge in [0, 0.05) is 11.3 Å². The van der Waals surface area contributed by atoms with E-state index in [1.165, 1.54) is 6.92 Å². The molecule has 0 bridgehead atoms. The van der Waals surface area contributed by atoms with Crippen molar-refractivity contribution in [3.05, 3.63) is 23.3 Å². The van der Waals surface area contributed by atoms with E-state index < -0.39 is 11.9 Å². The van der Waals surface area contributed by atoms with Gasteiger partial charge in [-0.3, -0.25) is 0 Å². The summed E-state index contributed by atoms with van der Waals surface area (Å²) in [5.74, 6) is -0.0286. The molecule has 0 unspecified atom stereocenters. The van der Waals surface area contributed by atoms with E-state index in [1.807, 2.05) is 0 Å². The molecule has 0 spiro atoms. The maximum atomic E-state index is 12.4. The molecule has 5 heteroatoms. The standard InChI is InChI=1S/C9H11F3N2/c1-5(2)7-6(3)8(9(10,11)12)14-4-13-7/h4-5H,1-3H3. The van der Waals surface area contributed by atoms with Gasteiger partial charge < -0.3 is 0 Å². The molecule has 0 aromatic carbocycles. The highest BCUT2D eigenvalue weighted by molar-refractivity contribution is 5.27. The Bertz CT molecular complexity index is 331. The fraction of sp³-hybridized carbons (Fsp3) is 0.556. The zero-order chi connectivity index (χ0) is 10.9. The van der Waals surface area contributed by atoms with Gasteiger partial charge in [-0.2, -0.15) is 13.2 Å². The van der Waals surface area contributed by atoms with Crippen molar-refractivity contribution in [3.63, 3.8) is 0 Å². The molecular formula is C9H11F3N2. The summed E-state index contributed by atoms with van der Waals surface area (Å²) in [6.07, 6.45) is -3.43. The second kappa shape index (κ2) is 3.55. The quantitative estimate of drug-likeness (QED) is 0.702. The number of halogens is 3. The Balaban J connectivity index is 3.28. The van der Waals surface area contributed by atoms with Crippen molar-refractivity contribution in [2.45, 2.75) is 32.9 Å². The van der Waals surface area contributed by atoms with E-state index in [0.717, 1.165) is 6.33 Å². The lowest BCUT2D eigenvalue weighted by atomic mass is 10.0. The molecule has 1 heterocycles. The largest absolute Gasteiger partial charge is 0.433 e. The topological polar surface area (TPSA) is 25.8 Å². The maximum absolute atomic E-state index is 12.4. The van der Waals surface area contributed by atoms with Crippen molar-refractivity contribution in [2.75, 3.05) is 0 Å². The molecule has 0 saturated heterocycles. The molecule has 14 heavy (non-hydrogen) atoms. The summed E-state index contributed by atoms with van der Waals surface area (Å²) in [5.41, 5.74) is -0.265. The first-order valence-corrected chi connectivity index (χ1v) is 4.22. The third kappa shape index (κ3) is 2.02. The molecule has 0 aliphatic carbocycles. The number of aromatic nitrogens is 2. The van der Waals surface area contributed by atoms with Gasteiger partial charge in [-0.1, -0.05) is 13.8 Å². The molecule has 0 aliphatic rings. The number of alkyl halides is 3. The van der Waals surface area contributed by atoms with Crippen LogP contribution < -0.4 is 0 Å². The van der Waals surface area contributed by atoms with E-state index in [2.05, 4.69) is 9.97 Å². The van der Waals surface area contributed by atoms with Gasteiger partial charge in [0.05, 0.1) is 0 Å². The summed E-state index contributed by atoms with van der Waals surface area (Å²) < 4.78 is 37.2. The molecule has 0 saturated carbocycles. The molecular weight excluding hydrogens is 193 g/mol. The molecule has 0 N–H and O–H groups in total. The smallest absolute Gasteiger partial charge is 0.241 e. The van der Waals surface area contributed by atoms with Gasteiger partial charge in [0.25, 0.3) is 0 Å². The molecule has 1 rings (SSSR count). The van der Waals surface area contributed by atoms with Crippen LogP contribution >= 0.6 is 0 Å². The maximum Gasteiger partial charge on any atom is 0.433 e. The minimum atomic E-state index is -4.39. The lowest BCUT2D eigenvalue weighted by Crippen LogP contribution is -2.13. The van der Waals surface area contributed by atoms with Crippen molar-refractivity contribution in [3.8, 4) is 0 Å². The zero-order valence-corrected chi connectivity index (χ0v) is 8.18. The van der Waals surface area contributed by atoms with E-state index in [0.29, 0.717) is 5.69 Å². The Hall–Kier alpha value is -1.13. The third-order valence-electron chi connectivity index (χ3n) is 1.94. The summed E-state index contributed by atoms with van der Waals surface area (Å²) in [7, 11) is 0. The highest BCUT2D eigenvalue weighted by atomic mass is 19.4. The Kier molecular flexibility index (Phi) is 2.78. The minimum Gasteiger partial charge on any atom is -0.241 e. The van der Waals surface area contributed by atoms with Gasteiger partial charge in [0.2, 0.25) is 0 Å². The predicted octanol–water partition coefficient (Wildman–Crippen LogP) is 2.93. The molecule has 0 fully saturated rings. The number of hydrogen-bond acceptors (Lipinski definition) is 2. The van der Waals surface area contributed by atoms with E-state index in [-0.39, 0.29) is 11.5 Å². The Labute approximate surface area is 80.2 Å². The molecule has 2 nitrogen and oxygen atoms in total. The monoisotopic (exact) mass is 204 g/mol. The van der Waals surface area contributed by atoms with Crippen LogP contribution in [0.4, 0.5) is 13.2 Å². The lowest BCUT2D eigenvalue weighted by molar-refractivity contribution is -0.141. The highest BCUT2D eigenvalue weighted by Crippen LogP contribution is 2.31. The van der Waals surface area contributed by atoms with Gasteiger partial charge in [0.1, 0.15) is 6.33 Å². The van der Waals surface area contributed by atoms with Crippen LogP contribution in [-0.2, 0) is 6.18 Å². The number of rotatable bonds is 1. The van der Waals surface area contributed by atoms with Gasteiger partial charge in [-0.05, 0) is 12.8 Å². The van der Waals surface area contributed by atoms with Gasteiger partial charge in [-0.25, -0.2) is 9.97 Å². The lowest BCUT2D eigenvalue weighted by Gasteiger charge is -2.13. The molecule has 1 aromatic heterocycles. The minimum absolute atomic E-state index is 0.0286. The van der Waals surface area contributed by atoms with E-state index in [4.69, 9.17) is 0 Å². The first-order chi connectivity index (χ1) is 6.34. The molecule has 1 aromatic rings. The van der Waals surface area contributed by atoms with Crippen LogP contribution in [0.2, 0.25) is 0 Å². The van der Waals surface area contributed by atoms with Crippen LogP contribution in [0.25, 0.3) is 0 Å². The van der Waals surface area contributed by atoms with Crippen LogP contribution in [0.15, 0.2) is 6.33 Å². The number of nitrogens with zero attached hydrogens (tertiary/aromatic N) is 2. The van der Waals surface area contributed by atoms with E-state index in [1.54, 1.807) is 13.8 Å². The Morgan fingerprint density at radius 1 is 1.21 bits per heavy atom. The second-order valence-electron chi connectivity index (χ2n) is 3.38. The van der Waals surface area contributed by atoms with Gasteiger partial charge in [-0.15, -0.1) is 0 Å². The highest BCUT2D eigenvalue weighted by Gasteiger charge is 2.35. The Morgan fingerprint density at radius 2 is 1.79 bits per heavy atom. The molecule has 0 atom stereocenters. The summed E-state index contributed by atoms with van der Waals surface area (Å²) >= 11 is 0. The molecule has 0 amide bonds. The van der Waals surface area contributed by atoms with Crippen LogP contribution in [-0.4, -0.2) is 9.97 Å². The number of hydrogen-bond donors (Lipinski definition) is 0. The zero-order valence-electron chi connectivity index (χ0n) is 8.18. The Morgan fingerprint density at radius 3 is 2.21 bits per heavy atom. The van der Waals surface area contributed by atoms with E-state index in [9.17, 15) is 13.2 Å². The van der Waals surface area contributed by atoms with Crippen molar-refractivity contribution >= 4 is 0 Å². The van der Waals surface area contributed by atoms with E-state index >= 15 is 0 Å².